The van der Waals surface area contributed by atoms with Crippen LogP contribution in [0.3, 0.4) is 0 Å². The van der Waals surface area contributed by atoms with Gasteiger partial charge in [0.05, 0.1) is 17.3 Å². The van der Waals surface area contributed by atoms with E-state index in [1.54, 1.807) is 12.1 Å². The number of carboxylic acid groups (broad SMARTS) is 1. The molecule has 1 unspecified atom stereocenters. The number of aromatic hydroxyl groups is 1. The highest BCUT2D eigenvalue weighted by Crippen LogP contribution is 2.30. The number of phenols is 1. The highest BCUT2D eigenvalue weighted by molar-refractivity contribution is 5.91. The zero-order chi connectivity index (χ0) is 32.0. The molecule has 1 atom stereocenters. The molecule has 11 heteroatoms. The number of H-pyrrole nitrogens is 1. The molecule has 6 aromatic rings. The van der Waals surface area contributed by atoms with Gasteiger partial charge in [0.15, 0.2) is 0 Å². The van der Waals surface area contributed by atoms with Gasteiger partial charge in [-0.1, -0.05) is 54.6 Å². The summed E-state index contributed by atoms with van der Waals surface area (Å²) in [7, 11) is 0. The molecule has 250 valence electrons. The smallest absolute Gasteiger partial charge is 0.409 e. The molecule has 0 radical (unpaired) electrons. The lowest BCUT2D eigenvalue weighted by atomic mass is 9.99. The Bertz CT molecular complexity index is 2060. The van der Waals surface area contributed by atoms with Gasteiger partial charge in [-0.3, -0.25) is 19.5 Å². The molecule has 0 aliphatic heterocycles. The summed E-state index contributed by atoms with van der Waals surface area (Å²) >= 11 is 0. The fraction of sp³-hybridized carbons (Fsp3) is 0.189. The molecule has 0 bridgehead atoms. The molecule has 0 aliphatic rings. The Morgan fingerprint density at radius 3 is 2.46 bits per heavy atom. The maximum absolute atomic E-state index is 11.7. The molecule has 4 aromatic carbocycles. The number of aliphatic hydroxyl groups is 1. The number of halogens is 2. The van der Waals surface area contributed by atoms with Crippen LogP contribution in [-0.4, -0.2) is 37.5 Å². The Balaban J connectivity index is 0.00000260. The Labute approximate surface area is 275 Å². The van der Waals surface area contributed by atoms with E-state index < -0.39 is 12.2 Å². The van der Waals surface area contributed by atoms with E-state index in [2.05, 4.69) is 56.7 Å². The number of nitrogens with zero attached hydrogens (tertiary/aromatic N) is 1. The average Bonchev–Trinajstić information content (AvgIpc) is 3.46. The Morgan fingerprint density at radius 2 is 1.67 bits per heavy atom. The third-order valence-corrected chi connectivity index (χ3v) is 8.29. The fourth-order valence-corrected chi connectivity index (χ4v) is 6.01. The topological polar surface area (TPSA) is 140 Å². The number of aromatic amines is 1. The van der Waals surface area contributed by atoms with Gasteiger partial charge in [0.1, 0.15) is 5.75 Å². The number of carbonyl (C=O) groups is 1. The lowest BCUT2D eigenvalue weighted by Crippen LogP contribution is -2.21. The van der Waals surface area contributed by atoms with Gasteiger partial charge >= 0.3 is 6.09 Å². The van der Waals surface area contributed by atoms with E-state index in [4.69, 9.17) is 0 Å². The number of phenolic OH excluding ortho intramolecular Hbond substituents is 1. The van der Waals surface area contributed by atoms with Crippen LogP contribution in [0, 0.1) is 0 Å². The maximum Gasteiger partial charge on any atom is 0.409 e. The second kappa shape index (κ2) is 15.9. The summed E-state index contributed by atoms with van der Waals surface area (Å²) in [5.74, 6) is -0.0326. The van der Waals surface area contributed by atoms with Gasteiger partial charge in [-0.15, -0.1) is 0 Å². The van der Waals surface area contributed by atoms with Gasteiger partial charge in [-0.05, 0) is 83.3 Å². The number of unbranched alkanes of at least 4 members (excludes halogenated alkanes) is 1. The molecule has 0 saturated carbocycles. The first kappa shape index (κ1) is 35.3. The van der Waals surface area contributed by atoms with E-state index in [9.17, 15) is 24.9 Å². The van der Waals surface area contributed by atoms with E-state index in [0.29, 0.717) is 35.2 Å². The van der Waals surface area contributed by atoms with Crippen molar-refractivity contribution in [2.24, 2.45) is 0 Å². The standard InChI is InChI=1S/C37H36N4O5.2FH/c42-33-15-12-29(30-13-16-35(44)40-36(30)33)34(43)23-38-22-25-10-14-32-27(20-25)17-19-41(32)18-5-4-6-24-9-11-28(26-7-2-1-3-8-26)31(21-24)39-37(45)46;;/h1-3,7-17,19-21,34,38-39,42-43H,4-6,18,22-23H2,(H,40,44)(H,45,46);2*1H. The number of rotatable bonds is 12. The normalized spacial score (nSPS) is 11.5. The summed E-state index contributed by atoms with van der Waals surface area (Å²) in [4.78, 5) is 25.7. The highest BCUT2D eigenvalue weighted by atomic mass is 19.0. The van der Waals surface area contributed by atoms with Crippen LogP contribution in [0.1, 0.15) is 35.6 Å². The summed E-state index contributed by atoms with van der Waals surface area (Å²) in [6.45, 7) is 1.76. The molecule has 9 nitrogen and oxygen atoms in total. The van der Waals surface area contributed by atoms with Gasteiger partial charge in [-0.2, -0.15) is 0 Å². The average molecular weight is 657 g/mol. The molecule has 6 rings (SSSR count). The third-order valence-electron chi connectivity index (χ3n) is 8.29. The van der Waals surface area contributed by atoms with Gasteiger partial charge in [0, 0.05) is 48.4 Å². The predicted molar refractivity (Wildman–Crippen MR) is 186 cm³/mol. The monoisotopic (exact) mass is 656 g/mol. The second-order valence-electron chi connectivity index (χ2n) is 11.5. The minimum atomic E-state index is -1.08. The van der Waals surface area contributed by atoms with Gasteiger partial charge in [-0.25, -0.2) is 4.79 Å². The van der Waals surface area contributed by atoms with Crippen molar-refractivity contribution < 1.29 is 29.5 Å². The second-order valence-corrected chi connectivity index (χ2v) is 11.5. The van der Waals surface area contributed by atoms with Crippen LogP contribution in [-0.2, 0) is 19.5 Å². The first-order chi connectivity index (χ1) is 22.4. The lowest BCUT2D eigenvalue weighted by Gasteiger charge is -2.15. The molecule has 2 heterocycles. The van der Waals surface area contributed by atoms with Crippen molar-refractivity contribution in [2.75, 3.05) is 11.9 Å². The minimum absolute atomic E-state index is 0. The third kappa shape index (κ3) is 8.06. The van der Waals surface area contributed by atoms with Gasteiger partial charge in [0.2, 0.25) is 5.56 Å². The van der Waals surface area contributed by atoms with Gasteiger partial charge < -0.3 is 30.2 Å². The Morgan fingerprint density at radius 1 is 0.875 bits per heavy atom. The number of amides is 1. The Kier molecular flexibility index (Phi) is 11.7. The molecular weight excluding hydrogens is 618 g/mol. The SMILES string of the molecule is F.F.O=C(O)Nc1cc(CCCCn2ccc3cc(CNCC(O)c4ccc(O)c5[nH]c(=O)ccc45)ccc32)ccc1-c1ccccc1. The van der Waals surface area contributed by atoms with Gasteiger partial charge in [0.25, 0.3) is 0 Å². The molecule has 0 aliphatic carbocycles. The van der Waals surface area contributed by atoms with E-state index in [1.807, 2.05) is 42.5 Å². The van der Waals surface area contributed by atoms with Crippen molar-refractivity contribution >= 4 is 33.6 Å². The van der Waals surface area contributed by atoms with Crippen LogP contribution >= 0.6 is 0 Å². The summed E-state index contributed by atoms with van der Waals surface area (Å²) in [5.41, 5.74) is 6.42. The number of hydrogen-bond acceptors (Lipinski definition) is 5. The van der Waals surface area contributed by atoms with Crippen LogP contribution < -0.4 is 16.2 Å². The maximum atomic E-state index is 11.7. The number of aryl methyl sites for hydroxylation is 2. The number of anilines is 1. The lowest BCUT2D eigenvalue weighted by molar-refractivity contribution is 0.176. The summed E-state index contributed by atoms with van der Waals surface area (Å²) < 4.78 is 2.26. The van der Waals surface area contributed by atoms with E-state index in [-0.39, 0.29) is 20.7 Å². The van der Waals surface area contributed by atoms with Crippen molar-refractivity contribution in [1.82, 2.24) is 14.9 Å². The van der Waals surface area contributed by atoms with Crippen LogP contribution in [0.4, 0.5) is 19.9 Å². The van der Waals surface area contributed by atoms with Crippen molar-refractivity contribution in [3.63, 3.8) is 0 Å². The molecule has 0 fully saturated rings. The number of pyridine rings is 1. The minimum Gasteiger partial charge on any atom is -0.506 e. The Hall–Kier alpha value is -5.52. The number of benzene rings is 4. The predicted octanol–water partition coefficient (Wildman–Crippen LogP) is 7.10. The van der Waals surface area contributed by atoms with E-state index >= 15 is 0 Å². The van der Waals surface area contributed by atoms with Crippen LogP contribution in [0.5, 0.6) is 5.75 Å². The van der Waals surface area contributed by atoms with E-state index in [0.717, 1.165) is 59.0 Å². The van der Waals surface area contributed by atoms with Crippen molar-refractivity contribution in [1.29, 1.82) is 0 Å². The molecule has 0 saturated heterocycles. The van der Waals surface area contributed by atoms with E-state index in [1.165, 1.54) is 12.1 Å². The first-order valence-corrected chi connectivity index (χ1v) is 15.4. The zero-order valence-electron chi connectivity index (χ0n) is 26.1. The molecule has 6 N–H and O–H groups in total. The van der Waals surface area contributed by atoms with Crippen molar-refractivity contribution in [3.8, 4) is 16.9 Å². The quantitative estimate of drug-likeness (QED) is 0.0778. The number of hydrogen-bond donors (Lipinski definition) is 6. The number of aliphatic hydroxyl groups excluding tert-OH is 1. The first-order valence-electron chi connectivity index (χ1n) is 15.4. The fourth-order valence-electron chi connectivity index (χ4n) is 6.01. The number of aromatic nitrogens is 2. The van der Waals surface area contributed by atoms with Crippen LogP contribution in [0.15, 0.2) is 108 Å². The van der Waals surface area contributed by atoms with Crippen LogP contribution in [0.25, 0.3) is 32.9 Å². The highest BCUT2D eigenvalue weighted by Gasteiger charge is 2.14. The van der Waals surface area contributed by atoms with Crippen molar-refractivity contribution in [2.45, 2.75) is 38.5 Å². The number of nitrogens with one attached hydrogen (secondary N) is 3. The molecule has 2 aromatic heterocycles. The van der Waals surface area contributed by atoms with Crippen LogP contribution in [0.2, 0.25) is 0 Å². The summed E-state index contributed by atoms with van der Waals surface area (Å²) in [5, 5.41) is 38.0. The zero-order valence-corrected chi connectivity index (χ0v) is 26.1. The molecule has 48 heavy (non-hydrogen) atoms. The largest absolute Gasteiger partial charge is 0.506 e. The number of fused-ring (bicyclic) bond motifs is 2. The molecule has 0 spiro atoms. The summed E-state index contributed by atoms with van der Waals surface area (Å²) in [6, 6.07) is 30.4. The van der Waals surface area contributed by atoms with Crippen molar-refractivity contribution in [3.05, 3.63) is 130 Å². The molecular formula is C37H38F2N4O5. The summed E-state index contributed by atoms with van der Waals surface area (Å²) in [6.07, 6.45) is 3.01. The molecule has 1 amide bonds.